The van der Waals surface area contributed by atoms with Gasteiger partial charge in [-0.2, -0.15) is 17.4 Å². The topological polar surface area (TPSA) is 117 Å². The number of rotatable bonds is 9. The molecule has 0 radical (unpaired) electrons. The highest BCUT2D eigenvalue weighted by molar-refractivity contribution is 7.87. The van der Waals surface area contributed by atoms with Crippen molar-refractivity contribution in [3.63, 3.8) is 0 Å². The summed E-state index contributed by atoms with van der Waals surface area (Å²) in [5.41, 5.74) is 5.42. The molecular formula is C9H22N4O4S. The van der Waals surface area contributed by atoms with Crippen molar-refractivity contribution in [2.45, 2.75) is 13.8 Å². The van der Waals surface area contributed by atoms with Crippen LogP contribution in [0.1, 0.15) is 13.8 Å². The van der Waals surface area contributed by atoms with E-state index in [1.807, 2.05) is 0 Å². The number of amidine groups is 1. The van der Waals surface area contributed by atoms with Crippen LogP contribution in [0.2, 0.25) is 0 Å². The largest absolute Gasteiger partial charge is 0.409 e. The quantitative estimate of drug-likeness (QED) is 0.168. The molecule has 0 aromatic carbocycles. The number of methoxy groups -OCH3 is 1. The molecule has 0 aliphatic heterocycles. The lowest BCUT2D eigenvalue weighted by atomic mass is 10.1. The average Bonchev–Trinajstić information content (AvgIpc) is 2.34. The number of hydrogen-bond acceptors (Lipinski definition) is 5. The molecule has 0 rings (SSSR count). The predicted molar refractivity (Wildman–Crippen MR) is 68.6 cm³/mol. The van der Waals surface area contributed by atoms with Gasteiger partial charge in [0, 0.05) is 32.7 Å². The Morgan fingerprint density at radius 2 is 2.22 bits per heavy atom. The van der Waals surface area contributed by atoms with Crippen molar-refractivity contribution in [3.8, 4) is 0 Å². The van der Waals surface area contributed by atoms with Crippen molar-refractivity contribution in [1.29, 1.82) is 0 Å². The van der Waals surface area contributed by atoms with E-state index in [1.54, 1.807) is 13.8 Å². The Bertz CT molecular complexity index is 358. The number of nitrogens with zero attached hydrogens (tertiary/aromatic N) is 2. The second-order valence-corrected chi connectivity index (χ2v) is 5.52. The number of hydrogen-bond donors (Lipinski definition) is 3. The summed E-state index contributed by atoms with van der Waals surface area (Å²) in [5.74, 6) is -0.366. The molecule has 1 unspecified atom stereocenters. The molecule has 0 aliphatic carbocycles. The molecule has 9 heteroatoms. The first-order chi connectivity index (χ1) is 8.38. The molecule has 0 aromatic heterocycles. The SMILES string of the molecule is CCN(CC(C)C(N)=NO)S(=O)(=O)NCCOC. The molecule has 0 aliphatic rings. The van der Waals surface area contributed by atoms with Crippen molar-refractivity contribution in [2.75, 3.05) is 33.4 Å². The fourth-order valence-corrected chi connectivity index (χ4v) is 2.54. The predicted octanol–water partition coefficient (Wildman–Crippen LogP) is -0.828. The lowest BCUT2D eigenvalue weighted by Gasteiger charge is -2.23. The standard InChI is InChI=1S/C9H22N4O4S/c1-4-13(7-8(2)9(10)12-14)18(15,16)11-5-6-17-3/h8,11,14H,4-7H2,1-3H3,(H2,10,12). The molecule has 18 heavy (non-hydrogen) atoms. The fourth-order valence-electron chi connectivity index (χ4n) is 1.26. The molecule has 0 saturated carbocycles. The van der Waals surface area contributed by atoms with Gasteiger partial charge in [0.1, 0.15) is 5.84 Å². The van der Waals surface area contributed by atoms with Crippen LogP contribution in [-0.2, 0) is 14.9 Å². The fraction of sp³-hybridized carbons (Fsp3) is 0.889. The molecule has 0 heterocycles. The van der Waals surface area contributed by atoms with Crippen LogP contribution >= 0.6 is 0 Å². The average molecular weight is 282 g/mol. The zero-order valence-electron chi connectivity index (χ0n) is 11.0. The molecule has 1 atom stereocenters. The van der Waals surface area contributed by atoms with Crippen LogP contribution < -0.4 is 10.5 Å². The van der Waals surface area contributed by atoms with Crippen molar-refractivity contribution >= 4 is 16.0 Å². The molecular weight excluding hydrogens is 260 g/mol. The monoisotopic (exact) mass is 282 g/mol. The van der Waals surface area contributed by atoms with Crippen LogP contribution in [0.3, 0.4) is 0 Å². The minimum Gasteiger partial charge on any atom is -0.409 e. The van der Waals surface area contributed by atoms with E-state index in [-0.39, 0.29) is 24.8 Å². The molecule has 108 valence electrons. The van der Waals surface area contributed by atoms with Crippen LogP contribution in [0.4, 0.5) is 0 Å². The van der Waals surface area contributed by atoms with Crippen LogP contribution in [0.25, 0.3) is 0 Å². The second kappa shape index (κ2) is 8.25. The summed E-state index contributed by atoms with van der Waals surface area (Å²) in [5, 5.41) is 11.4. The third-order valence-corrected chi connectivity index (χ3v) is 4.04. The Labute approximate surface area is 108 Å². The summed E-state index contributed by atoms with van der Waals surface area (Å²) >= 11 is 0. The van der Waals surface area contributed by atoms with Gasteiger partial charge in [0.15, 0.2) is 0 Å². The van der Waals surface area contributed by atoms with Crippen LogP contribution in [-0.4, -0.2) is 57.1 Å². The molecule has 0 amide bonds. The normalized spacial score (nSPS) is 15.0. The summed E-state index contributed by atoms with van der Waals surface area (Å²) in [6.07, 6.45) is 0. The summed E-state index contributed by atoms with van der Waals surface area (Å²) < 4.78 is 32.2. The van der Waals surface area contributed by atoms with E-state index in [9.17, 15) is 8.42 Å². The summed E-state index contributed by atoms with van der Waals surface area (Å²) in [4.78, 5) is 0. The van der Waals surface area contributed by atoms with Gasteiger partial charge in [-0.05, 0) is 0 Å². The van der Waals surface area contributed by atoms with E-state index in [0.717, 1.165) is 0 Å². The number of nitrogens with one attached hydrogen (secondary N) is 1. The van der Waals surface area contributed by atoms with E-state index < -0.39 is 10.2 Å². The Kier molecular flexibility index (Phi) is 7.83. The van der Waals surface area contributed by atoms with Crippen molar-refractivity contribution in [2.24, 2.45) is 16.8 Å². The van der Waals surface area contributed by atoms with Crippen molar-refractivity contribution in [1.82, 2.24) is 9.03 Å². The first-order valence-electron chi connectivity index (χ1n) is 5.60. The Balaban J connectivity index is 4.56. The lowest BCUT2D eigenvalue weighted by Crippen LogP contribution is -2.45. The van der Waals surface area contributed by atoms with E-state index in [1.165, 1.54) is 11.4 Å². The maximum atomic E-state index is 11.9. The van der Waals surface area contributed by atoms with Gasteiger partial charge in [-0.1, -0.05) is 19.0 Å². The first kappa shape index (κ1) is 17.1. The Morgan fingerprint density at radius 1 is 1.61 bits per heavy atom. The maximum Gasteiger partial charge on any atom is 0.279 e. The molecule has 0 aromatic rings. The molecule has 0 spiro atoms. The first-order valence-corrected chi connectivity index (χ1v) is 7.04. The zero-order chi connectivity index (χ0) is 14.2. The third-order valence-electron chi connectivity index (χ3n) is 2.38. The lowest BCUT2D eigenvalue weighted by molar-refractivity contribution is 0.203. The number of ether oxygens (including phenoxy) is 1. The minimum atomic E-state index is -3.57. The van der Waals surface area contributed by atoms with Crippen LogP contribution in [0, 0.1) is 5.92 Å². The van der Waals surface area contributed by atoms with Crippen molar-refractivity contribution in [3.05, 3.63) is 0 Å². The number of oxime groups is 1. The third kappa shape index (κ3) is 5.63. The molecule has 0 fully saturated rings. The molecule has 0 saturated heterocycles. The van der Waals surface area contributed by atoms with E-state index in [2.05, 4.69) is 9.88 Å². The zero-order valence-corrected chi connectivity index (χ0v) is 11.8. The molecule has 0 bridgehead atoms. The van der Waals surface area contributed by atoms with E-state index in [4.69, 9.17) is 15.7 Å². The number of nitrogens with two attached hydrogens (primary N) is 1. The van der Waals surface area contributed by atoms with Gasteiger partial charge in [0.25, 0.3) is 10.2 Å². The maximum absolute atomic E-state index is 11.9. The molecule has 4 N–H and O–H groups in total. The van der Waals surface area contributed by atoms with E-state index in [0.29, 0.717) is 13.2 Å². The minimum absolute atomic E-state index is 0.000501. The smallest absolute Gasteiger partial charge is 0.279 e. The van der Waals surface area contributed by atoms with Gasteiger partial charge in [-0.15, -0.1) is 0 Å². The summed E-state index contributed by atoms with van der Waals surface area (Å²) in [7, 11) is -2.08. The summed E-state index contributed by atoms with van der Waals surface area (Å²) in [6, 6.07) is 0. The Hall–Kier alpha value is -0.900. The van der Waals surface area contributed by atoms with Crippen LogP contribution in [0.5, 0.6) is 0 Å². The highest BCUT2D eigenvalue weighted by atomic mass is 32.2. The highest BCUT2D eigenvalue weighted by Gasteiger charge is 2.23. The van der Waals surface area contributed by atoms with Gasteiger partial charge in [-0.25, -0.2) is 0 Å². The summed E-state index contributed by atoms with van der Waals surface area (Å²) in [6.45, 7) is 4.34. The van der Waals surface area contributed by atoms with Gasteiger partial charge in [0.2, 0.25) is 0 Å². The van der Waals surface area contributed by atoms with Gasteiger partial charge >= 0.3 is 0 Å². The van der Waals surface area contributed by atoms with Gasteiger partial charge < -0.3 is 15.7 Å². The van der Waals surface area contributed by atoms with E-state index >= 15 is 0 Å². The molecule has 8 nitrogen and oxygen atoms in total. The van der Waals surface area contributed by atoms with Gasteiger partial charge in [0.05, 0.1) is 6.61 Å². The highest BCUT2D eigenvalue weighted by Crippen LogP contribution is 2.04. The van der Waals surface area contributed by atoms with Crippen molar-refractivity contribution < 1.29 is 18.4 Å². The Morgan fingerprint density at radius 3 is 2.67 bits per heavy atom. The van der Waals surface area contributed by atoms with Crippen LogP contribution in [0.15, 0.2) is 5.16 Å². The van der Waals surface area contributed by atoms with Gasteiger partial charge in [-0.3, -0.25) is 0 Å². The second-order valence-electron chi connectivity index (χ2n) is 3.77.